The molecule has 4 nitrogen and oxygen atoms in total. The van der Waals surface area contributed by atoms with Gasteiger partial charge in [-0.15, -0.1) is 0 Å². The van der Waals surface area contributed by atoms with Gasteiger partial charge in [-0.1, -0.05) is 42.4 Å². The molecule has 1 aromatic rings. The minimum absolute atomic E-state index is 0.0732. The van der Waals surface area contributed by atoms with Gasteiger partial charge in [0.1, 0.15) is 0 Å². The van der Waals surface area contributed by atoms with E-state index in [-0.39, 0.29) is 5.91 Å². The number of nitrogens with zero attached hydrogens (tertiary/aromatic N) is 2. The van der Waals surface area contributed by atoms with Gasteiger partial charge in [-0.05, 0) is 31.2 Å². The number of carbonyl (C=O) groups excluding carboxylic acids is 1. The van der Waals surface area contributed by atoms with Gasteiger partial charge < -0.3 is 9.74 Å². The second-order valence-electron chi connectivity index (χ2n) is 6.38. The normalized spacial score (nSPS) is 26.4. The van der Waals surface area contributed by atoms with Crippen LogP contribution in [-0.4, -0.2) is 35.2 Å². The third-order valence-corrected chi connectivity index (χ3v) is 4.49. The lowest BCUT2D eigenvalue weighted by Gasteiger charge is -2.34. The molecule has 3 rings (SSSR count). The number of amides is 1. The topological polar surface area (TPSA) is 41.9 Å². The summed E-state index contributed by atoms with van der Waals surface area (Å²) in [4.78, 5) is 20.2. The second-order valence-corrected chi connectivity index (χ2v) is 6.38. The highest BCUT2D eigenvalue weighted by atomic mass is 16.7. The molecule has 0 bridgehead atoms. The molecule has 0 aromatic heterocycles. The van der Waals surface area contributed by atoms with E-state index < -0.39 is 5.60 Å². The van der Waals surface area contributed by atoms with Gasteiger partial charge in [0.15, 0.2) is 0 Å². The first-order chi connectivity index (χ1) is 10.1. The van der Waals surface area contributed by atoms with Gasteiger partial charge in [-0.2, -0.15) is 0 Å². The summed E-state index contributed by atoms with van der Waals surface area (Å²) in [5.74, 6) is 0.784. The van der Waals surface area contributed by atoms with Crippen LogP contribution in [0.2, 0.25) is 0 Å². The lowest BCUT2D eigenvalue weighted by molar-refractivity contribution is -0.154. The molecule has 21 heavy (non-hydrogen) atoms. The van der Waals surface area contributed by atoms with Crippen molar-refractivity contribution >= 4 is 11.6 Å². The first kappa shape index (κ1) is 14.1. The molecule has 1 aromatic carbocycles. The third-order valence-electron chi connectivity index (χ3n) is 4.49. The van der Waals surface area contributed by atoms with Gasteiger partial charge in [0.2, 0.25) is 5.60 Å². The van der Waals surface area contributed by atoms with Crippen molar-refractivity contribution in [2.45, 2.75) is 38.7 Å². The van der Waals surface area contributed by atoms with Crippen molar-refractivity contribution in [1.29, 1.82) is 0 Å². The van der Waals surface area contributed by atoms with Crippen LogP contribution in [0.15, 0.2) is 35.5 Å². The van der Waals surface area contributed by atoms with Crippen LogP contribution in [-0.2, 0) is 9.63 Å². The van der Waals surface area contributed by atoms with Gasteiger partial charge in [-0.25, -0.2) is 0 Å². The molecule has 2 aliphatic rings. The second kappa shape index (κ2) is 5.51. The summed E-state index contributed by atoms with van der Waals surface area (Å²) in [6.45, 7) is 5.76. The fourth-order valence-corrected chi connectivity index (χ4v) is 2.99. The van der Waals surface area contributed by atoms with Gasteiger partial charge >= 0.3 is 0 Å². The zero-order chi connectivity index (χ0) is 14.9. The summed E-state index contributed by atoms with van der Waals surface area (Å²) < 4.78 is 0. The smallest absolute Gasteiger partial charge is 0.269 e. The van der Waals surface area contributed by atoms with Crippen molar-refractivity contribution in [3.05, 3.63) is 35.9 Å². The molecule has 1 amide bonds. The van der Waals surface area contributed by atoms with Crippen molar-refractivity contribution in [3.63, 3.8) is 0 Å². The van der Waals surface area contributed by atoms with Crippen molar-refractivity contribution in [2.24, 2.45) is 11.1 Å². The quantitative estimate of drug-likeness (QED) is 0.839. The van der Waals surface area contributed by atoms with E-state index in [9.17, 15) is 4.79 Å². The van der Waals surface area contributed by atoms with Crippen LogP contribution in [0.3, 0.4) is 0 Å². The molecule has 1 atom stereocenters. The fraction of sp³-hybridized carbons (Fsp3) is 0.529. The summed E-state index contributed by atoms with van der Waals surface area (Å²) in [5.41, 5.74) is 1.05. The largest absolute Gasteiger partial charge is 0.379 e. The maximum absolute atomic E-state index is 12.7. The first-order valence-corrected chi connectivity index (χ1v) is 7.68. The van der Waals surface area contributed by atoms with Crippen LogP contribution in [0.25, 0.3) is 0 Å². The van der Waals surface area contributed by atoms with Crippen molar-refractivity contribution in [3.8, 4) is 0 Å². The molecule has 0 saturated carbocycles. The molecule has 1 fully saturated rings. The van der Waals surface area contributed by atoms with E-state index in [1.54, 1.807) is 0 Å². The van der Waals surface area contributed by atoms with Crippen molar-refractivity contribution in [1.82, 2.24) is 4.90 Å². The predicted octanol–water partition coefficient (Wildman–Crippen LogP) is 2.83. The SMILES string of the molecule is CC1CCN(C(=O)C2(C)CC(c3ccccc3)=NO2)CC1. The highest BCUT2D eigenvalue weighted by Gasteiger charge is 2.45. The number of hydrogen-bond acceptors (Lipinski definition) is 3. The summed E-state index contributed by atoms with van der Waals surface area (Å²) in [6, 6.07) is 9.92. The summed E-state index contributed by atoms with van der Waals surface area (Å²) >= 11 is 0. The summed E-state index contributed by atoms with van der Waals surface area (Å²) in [7, 11) is 0. The molecule has 112 valence electrons. The number of carbonyl (C=O) groups is 1. The standard InChI is InChI=1S/C17H22N2O2/c1-13-8-10-19(11-9-13)16(20)17(2)12-15(18-21-17)14-6-4-3-5-7-14/h3-7,13H,8-12H2,1-2H3. The number of benzene rings is 1. The number of piperidine rings is 1. The minimum Gasteiger partial charge on any atom is -0.379 e. The molecule has 2 aliphatic heterocycles. The lowest BCUT2D eigenvalue weighted by atomic mass is 9.92. The zero-order valence-corrected chi connectivity index (χ0v) is 12.7. The number of likely N-dealkylation sites (tertiary alicyclic amines) is 1. The van der Waals surface area contributed by atoms with Gasteiger partial charge in [0.25, 0.3) is 5.91 Å². The molecular weight excluding hydrogens is 264 g/mol. The maximum Gasteiger partial charge on any atom is 0.269 e. The van der Waals surface area contributed by atoms with Gasteiger partial charge in [0, 0.05) is 19.5 Å². The molecular formula is C17H22N2O2. The molecule has 0 radical (unpaired) electrons. The lowest BCUT2D eigenvalue weighted by Crippen LogP contribution is -2.49. The predicted molar refractivity (Wildman–Crippen MR) is 82.1 cm³/mol. The highest BCUT2D eigenvalue weighted by Crippen LogP contribution is 2.30. The van der Waals surface area contributed by atoms with E-state index in [0.717, 1.165) is 37.2 Å². The van der Waals surface area contributed by atoms with Crippen molar-refractivity contribution in [2.75, 3.05) is 13.1 Å². The van der Waals surface area contributed by atoms with Crippen LogP contribution in [0.5, 0.6) is 0 Å². The van der Waals surface area contributed by atoms with E-state index in [0.29, 0.717) is 12.3 Å². The molecule has 2 heterocycles. The van der Waals surface area contributed by atoms with Gasteiger partial charge in [0.05, 0.1) is 5.71 Å². The Labute approximate surface area is 125 Å². The van der Waals surface area contributed by atoms with Gasteiger partial charge in [-0.3, -0.25) is 4.79 Å². The molecule has 0 spiro atoms. The van der Waals surface area contributed by atoms with Crippen LogP contribution in [0, 0.1) is 5.92 Å². The van der Waals surface area contributed by atoms with E-state index in [1.165, 1.54) is 0 Å². The Morgan fingerprint density at radius 1 is 1.29 bits per heavy atom. The number of oxime groups is 1. The maximum atomic E-state index is 12.7. The highest BCUT2D eigenvalue weighted by molar-refractivity contribution is 6.05. The van der Waals surface area contributed by atoms with Crippen LogP contribution in [0.4, 0.5) is 0 Å². The first-order valence-electron chi connectivity index (χ1n) is 7.68. The molecule has 0 aliphatic carbocycles. The number of hydrogen-bond donors (Lipinski definition) is 0. The average Bonchev–Trinajstić information content (AvgIpc) is 2.92. The Morgan fingerprint density at radius 2 is 1.95 bits per heavy atom. The third kappa shape index (κ3) is 2.80. The van der Waals surface area contributed by atoms with Crippen LogP contribution >= 0.6 is 0 Å². The minimum atomic E-state index is -0.842. The van der Waals surface area contributed by atoms with Crippen molar-refractivity contribution < 1.29 is 9.63 Å². The Balaban J connectivity index is 1.68. The van der Waals surface area contributed by atoms with Crippen LogP contribution in [0.1, 0.15) is 38.7 Å². The Morgan fingerprint density at radius 3 is 2.62 bits per heavy atom. The Kier molecular flexibility index (Phi) is 3.70. The Bertz CT molecular complexity index is 547. The number of rotatable bonds is 2. The fourth-order valence-electron chi connectivity index (χ4n) is 2.99. The molecule has 1 unspecified atom stereocenters. The molecule has 0 N–H and O–H groups in total. The Hall–Kier alpha value is -1.84. The van der Waals surface area contributed by atoms with E-state index in [1.807, 2.05) is 42.2 Å². The summed E-state index contributed by atoms with van der Waals surface area (Å²) in [6.07, 6.45) is 2.70. The molecule has 1 saturated heterocycles. The van der Waals surface area contributed by atoms with E-state index in [2.05, 4.69) is 12.1 Å². The van der Waals surface area contributed by atoms with E-state index >= 15 is 0 Å². The zero-order valence-electron chi connectivity index (χ0n) is 12.7. The van der Waals surface area contributed by atoms with E-state index in [4.69, 9.17) is 4.84 Å². The monoisotopic (exact) mass is 286 g/mol. The molecule has 4 heteroatoms. The summed E-state index contributed by atoms with van der Waals surface area (Å²) in [5, 5.41) is 4.16. The average molecular weight is 286 g/mol. The van der Waals surface area contributed by atoms with Crippen LogP contribution < -0.4 is 0 Å².